The van der Waals surface area contributed by atoms with Crippen LogP contribution in [0.1, 0.15) is 20.3 Å². The van der Waals surface area contributed by atoms with Gasteiger partial charge in [-0.3, -0.25) is 14.2 Å². The SMILES string of the molecule is CCCNC(=O)Cn1cnc(-c2ccc(OCC)cc2)cc1=O. The Balaban J connectivity index is 2.12. The summed E-state index contributed by atoms with van der Waals surface area (Å²) in [6, 6.07) is 8.81. The second-order valence-electron chi connectivity index (χ2n) is 5.05. The second kappa shape index (κ2) is 8.12. The minimum absolute atomic E-state index is 0.0185. The number of hydrogen-bond acceptors (Lipinski definition) is 4. The fourth-order valence-electron chi connectivity index (χ4n) is 2.07. The third-order valence-electron chi connectivity index (χ3n) is 3.23. The van der Waals surface area contributed by atoms with Crippen LogP contribution < -0.4 is 15.6 Å². The average molecular weight is 315 g/mol. The molecule has 0 saturated heterocycles. The maximum absolute atomic E-state index is 12.1. The lowest BCUT2D eigenvalue weighted by Crippen LogP contribution is -2.32. The smallest absolute Gasteiger partial charge is 0.254 e. The van der Waals surface area contributed by atoms with E-state index >= 15 is 0 Å². The predicted molar refractivity (Wildman–Crippen MR) is 88.4 cm³/mol. The first-order valence-electron chi connectivity index (χ1n) is 7.70. The van der Waals surface area contributed by atoms with Gasteiger partial charge in [-0.2, -0.15) is 0 Å². The number of benzene rings is 1. The van der Waals surface area contributed by atoms with Crippen LogP contribution in [0.2, 0.25) is 0 Å². The lowest BCUT2D eigenvalue weighted by atomic mass is 10.1. The first-order valence-corrected chi connectivity index (χ1v) is 7.70. The van der Waals surface area contributed by atoms with Crippen LogP contribution in [0.4, 0.5) is 0 Å². The van der Waals surface area contributed by atoms with Crippen LogP contribution in [0.25, 0.3) is 11.3 Å². The van der Waals surface area contributed by atoms with E-state index in [0.717, 1.165) is 17.7 Å². The molecule has 6 nitrogen and oxygen atoms in total. The molecule has 0 aliphatic rings. The third-order valence-corrected chi connectivity index (χ3v) is 3.23. The van der Waals surface area contributed by atoms with Crippen molar-refractivity contribution in [2.45, 2.75) is 26.8 Å². The normalized spacial score (nSPS) is 10.3. The average Bonchev–Trinajstić information content (AvgIpc) is 2.56. The molecule has 122 valence electrons. The van der Waals surface area contributed by atoms with Crippen LogP contribution in [0.3, 0.4) is 0 Å². The molecule has 0 unspecified atom stereocenters. The molecule has 0 atom stereocenters. The van der Waals surface area contributed by atoms with E-state index in [0.29, 0.717) is 18.8 Å². The molecule has 1 amide bonds. The van der Waals surface area contributed by atoms with Crippen LogP contribution in [-0.4, -0.2) is 28.6 Å². The lowest BCUT2D eigenvalue weighted by molar-refractivity contribution is -0.121. The zero-order valence-electron chi connectivity index (χ0n) is 13.4. The Labute approximate surface area is 135 Å². The highest BCUT2D eigenvalue weighted by Crippen LogP contribution is 2.19. The van der Waals surface area contributed by atoms with Gasteiger partial charge < -0.3 is 10.1 Å². The van der Waals surface area contributed by atoms with Crippen molar-refractivity contribution < 1.29 is 9.53 Å². The Kier molecular flexibility index (Phi) is 5.91. The van der Waals surface area contributed by atoms with Gasteiger partial charge in [-0.05, 0) is 37.6 Å². The minimum Gasteiger partial charge on any atom is -0.494 e. The maximum Gasteiger partial charge on any atom is 0.254 e. The summed E-state index contributed by atoms with van der Waals surface area (Å²) in [6.07, 6.45) is 2.26. The summed E-state index contributed by atoms with van der Waals surface area (Å²) in [5.41, 5.74) is 1.15. The number of aromatic nitrogens is 2. The molecule has 0 aliphatic heterocycles. The molecule has 1 N–H and O–H groups in total. The van der Waals surface area contributed by atoms with E-state index in [2.05, 4.69) is 10.3 Å². The first-order chi connectivity index (χ1) is 11.1. The van der Waals surface area contributed by atoms with Crippen molar-refractivity contribution >= 4 is 5.91 Å². The zero-order chi connectivity index (χ0) is 16.7. The Morgan fingerprint density at radius 1 is 1.26 bits per heavy atom. The fraction of sp³-hybridized carbons (Fsp3) is 0.353. The first kappa shape index (κ1) is 16.7. The Hall–Kier alpha value is -2.63. The van der Waals surface area contributed by atoms with Crippen LogP contribution in [0, 0.1) is 0 Å². The number of carbonyl (C=O) groups is 1. The van der Waals surface area contributed by atoms with Gasteiger partial charge in [0.1, 0.15) is 12.3 Å². The summed E-state index contributed by atoms with van der Waals surface area (Å²) in [5.74, 6) is 0.585. The molecular formula is C17H21N3O3. The highest BCUT2D eigenvalue weighted by atomic mass is 16.5. The van der Waals surface area contributed by atoms with Crippen molar-refractivity contribution in [3.63, 3.8) is 0 Å². The molecule has 6 heteroatoms. The van der Waals surface area contributed by atoms with Crippen LogP contribution in [0.5, 0.6) is 5.75 Å². The number of ether oxygens (including phenoxy) is 1. The number of carbonyl (C=O) groups excluding carboxylic acids is 1. The summed E-state index contributed by atoms with van der Waals surface area (Å²) in [7, 11) is 0. The van der Waals surface area contributed by atoms with E-state index in [1.165, 1.54) is 17.0 Å². The van der Waals surface area contributed by atoms with Crippen molar-refractivity contribution in [1.82, 2.24) is 14.9 Å². The summed E-state index contributed by atoms with van der Waals surface area (Å²) in [4.78, 5) is 28.0. The quantitative estimate of drug-likeness (QED) is 0.846. The molecule has 0 saturated carbocycles. The van der Waals surface area contributed by atoms with E-state index in [4.69, 9.17) is 4.74 Å². The molecule has 23 heavy (non-hydrogen) atoms. The van der Waals surface area contributed by atoms with E-state index in [1.54, 1.807) is 0 Å². The molecule has 2 rings (SSSR count). The van der Waals surface area contributed by atoms with Crippen LogP contribution in [0.15, 0.2) is 41.5 Å². The molecule has 0 radical (unpaired) electrons. The summed E-state index contributed by atoms with van der Waals surface area (Å²) in [6.45, 7) is 5.08. The van der Waals surface area contributed by atoms with Crippen molar-refractivity contribution in [3.8, 4) is 17.0 Å². The van der Waals surface area contributed by atoms with Gasteiger partial charge in [-0.15, -0.1) is 0 Å². The summed E-state index contributed by atoms with van der Waals surface area (Å²) in [5, 5.41) is 2.73. The van der Waals surface area contributed by atoms with Gasteiger partial charge in [0.2, 0.25) is 5.91 Å². The number of amides is 1. The molecule has 0 aliphatic carbocycles. The Morgan fingerprint density at radius 3 is 2.61 bits per heavy atom. The molecule has 1 aromatic heterocycles. The Bertz CT molecular complexity index is 708. The highest BCUT2D eigenvalue weighted by Gasteiger charge is 2.07. The summed E-state index contributed by atoms with van der Waals surface area (Å²) < 4.78 is 6.68. The van der Waals surface area contributed by atoms with Crippen molar-refractivity contribution in [3.05, 3.63) is 47.0 Å². The van der Waals surface area contributed by atoms with Gasteiger partial charge in [0.15, 0.2) is 0 Å². The largest absolute Gasteiger partial charge is 0.494 e. The van der Waals surface area contributed by atoms with Gasteiger partial charge in [0.05, 0.1) is 18.6 Å². The molecule has 0 spiro atoms. The molecular weight excluding hydrogens is 294 g/mol. The van der Waals surface area contributed by atoms with Crippen LogP contribution >= 0.6 is 0 Å². The monoisotopic (exact) mass is 315 g/mol. The van der Waals surface area contributed by atoms with Crippen molar-refractivity contribution in [2.75, 3.05) is 13.2 Å². The van der Waals surface area contributed by atoms with Crippen LogP contribution in [-0.2, 0) is 11.3 Å². The maximum atomic E-state index is 12.1. The second-order valence-corrected chi connectivity index (χ2v) is 5.05. The van der Waals surface area contributed by atoms with Crippen molar-refractivity contribution in [1.29, 1.82) is 0 Å². The van der Waals surface area contributed by atoms with Gasteiger partial charge in [-0.1, -0.05) is 6.92 Å². The number of rotatable bonds is 7. The number of hydrogen-bond donors (Lipinski definition) is 1. The van der Waals surface area contributed by atoms with Gasteiger partial charge in [-0.25, -0.2) is 4.98 Å². The minimum atomic E-state index is -0.254. The van der Waals surface area contributed by atoms with Gasteiger partial charge in [0, 0.05) is 18.2 Å². The number of nitrogens with zero attached hydrogens (tertiary/aromatic N) is 2. The third kappa shape index (κ3) is 4.67. The number of nitrogens with one attached hydrogen (secondary N) is 1. The van der Waals surface area contributed by atoms with E-state index in [-0.39, 0.29) is 18.0 Å². The van der Waals surface area contributed by atoms with E-state index in [1.807, 2.05) is 38.1 Å². The standard InChI is InChI=1S/C17H21N3O3/c1-3-9-18-16(21)11-20-12-19-15(10-17(20)22)13-5-7-14(8-6-13)23-4-2/h5-8,10,12H,3-4,9,11H2,1-2H3,(H,18,21). The lowest BCUT2D eigenvalue weighted by Gasteiger charge is -2.08. The predicted octanol–water partition coefficient (Wildman–Crippen LogP) is 1.84. The molecule has 0 bridgehead atoms. The summed E-state index contributed by atoms with van der Waals surface area (Å²) >= 11 is 0. The molecule has 0 fully saturated rings. The topological polar surface area (TPSA) is 73.2 Å². The highest BCUT2D eigenvalue weighted by molar-refractivity contribution is 5.75. The fourth-order valence-corrected chi connectivity index (χ4v) is 2.07. The van der Waals surface area contributed by atoms with E-state index in [9.17, 15) is 9.59 Å². The van der Waals surface area contributed by atoms with Gasteiger partial charge in [0.25, 0.3) is 5.56 Å². The van der Waals surface area contributed by atoms with Gasteiger partial charge >= 0.3 is 0 Å². The zero-order valence-corrected chi connectivity index (χ0v) is 13.4. The van der Waals surface area contributed by atoms with E-state index < -0.39 is 0 Å². The molecule has 2 aromatic rings. The molecule has 1 heterocycles. The van der Waals surface area contributed by atoms with Crippen molar-refractivity contribution in [2.24, 2.45) is 0 Å². The Morgan fingerprint density at radius 2 is 2.00 bits per heavy atom. The molecule has 1 aromatic carbocycles.